The highest BCUT2D eigenvalue weighted by Gasteiger charge is 2.43. The summed E-state index contributed by atoms with van der Waals surface area (Å²) >= 11 is 0. The van der Waals surface area contributed by atoms with Crippen LogP contribution in [0.2, 0.25) is 0 Å². The molecule has 2 unspecified atom stereocenters. The maximum atomic E-state index is 5.76. The third kappa shape index (κ3) is 2.23. The second-order valence-corrected chi connectivity index (χ2v) is 5.37. The van der Waals surface area contributed by atoms with E-state index in [1.165, 1.54) is 32.4 Å². The van der Waals surface area contributed by atoms with Gasteiger partial charge in [-0.05, 0) is 50.1 Å². The number of rotatable bonds is 5. The van der Waals surface area contributed by atoms with Crippen LogP contribution in [0.15, 0.2) is 0 Å². The zero-order chi connectivity index (χ0) is 9.47. The van der Waals surface area contributed by atoms with Crippen molar-refractivity contribution in [2.75, 3.05) is 26.7 Å². The summed E-state index contributed by atoms with van der Waals surface area (Å²) < 4.78 is 0. The molecule has 2 aliphatic rings. The predicted molar refractivity (Wildman–Crippen MR) is 55.5 cm³/mol. The summed E-state index contributed by atoms with van der Waals surface area (Å²) in [6, 6.07) is 0. The molecule has 0 aromatic carbocycles. The highest BCUT2D eigenvalue weighted by molar-refractivity contribution is 4.96. The van der Waals surface area contributed by atoms with Crippen molar-refractivity contribution in [1.82, 2.24) is 4.90 Å². The Morgan fingerprint density at radius 1 is 1.46 bits per heavy atom. The molecule has 13 heavy (non-hydrogen) atoms. The predicted octanol–water partition coefficient (Wildman–Crippen LogP) is 1.31. The van der Waals surface area contributed by atoms with Crippen molar-refractivity contribution >= 4 is 0 Å². The summed E-state index contributed by atoms with van der Waals surface area (Å²) in [4.78, 5) is 2.49. The lowest BCUT2D eigenvalue weighted by Gasteiger charge is -2.22. The normalized spacial score (nSPS) is 35.1. The first-order valence-corrected chi connectivity index (χ1v) is 5.54. The minimum atomic E-state index is 0.521. The lowest BCUT2D eigenvalue weighted by Crippen LogP contribution is -2.32. The summed E-state index contributed by atoms with van der Waals surface area (Å²) in [7, 11) is 2.25. The van der Waals surface area contributed by atoms with Crippen LogP contribution in [0.3, 0.4) is 0 Å². The Morgan fingerprint density at radius 2 is 2.08 bits per heavy atom. The summed E-state index contributed by atoms with van der Waals surface area (Å²) in [6.07, 6.45) is 4.15. The van der Waals surface area contributed by atoms with Crippen LogP contribution in [0.1, 0.15) is 26.2 Å². The van der Waals surface area contributed by atoms with Crippen molar-refractivity contribution in [3.63, 3.8) is 0 Å². The fourth-order valence-electron chi connectivity index (χ4n) is 2.29. The van der Waals surface area contributed by atoms with E-state index in [9.17, 15) is 0 Å². The first kappa shape index (κ1) is 9.47. The lowest BCUT2D eigenvalue weighted by molar-refractivity contribution is 0.254. The van der Waals surface area contributed by atoms with E-state index >= 15 is 0 Å². The van der Waals surface area contributed by atoms with E-state index in [1.54, 1.807) is 0 Å². The Kier molecular flexibility index (Phi) is 2.37. The number of hydrogen-bond acceptors (Lipinski definition) is 2. The number of nitrogens with two attached hydrogens (primary N) is 1. The van der Waals surface area contributed by atoms with Gasteiger partial charge in [-0.15, -0.1) is 0 Å². The summed E-state index contributed by atoms with van der Waals surface area (Å²) in [5.41, 5.74) is 6.28. The zero-order valence-corrected chi connectivity index (χ0v) is 8.92. The quantitative estimate of drug-likeness (QED) is 0.694. The van der Waals surface area contributed by atoms with Crippen molar-refractivity contribution in [2.45, 2.75) is 26.2 Å². The van der Waals surface area contributed by atoms with Crippen molar-refractivity contribution < 1.29 is 0 Å². The molecule has 0 amide bonds. The van der Waals surface area contributed by atoms with Gasteiger partial charge in [0.2, 0.25) is 0 Å². The van der Waals surface area contributed by atoms with E-state index in [-0.39, 0.29) is 0 Å². The second-order valence-electron chi connectivity index (χ2n) is 5.37. The molecule has 0 spiro atoms. The molecule has 2 aliphatic carbocycles. The van der Waals surface area contributed by atoms with Crippen LogP contribution >= 0.6 is 0 Å². The molecule has 2 saturated carbocycles. The van der Waals surface area contributed by atoms with Crippen LogP contribution in [-0.2, 0) is 0 Å². The van der Waals surface area contributed by atoms with E-state index in [4.69, 9.17) is 5.73 Å². The van der Waals surface area contributed by atoms with E-state index in [0.29, 0.717) is 5.41 Å². The molecule has 0 saturated heterocycles. The van der Waals surface area contributed by atoms with Crippen molar-refractivity contribution in [3.8, 4) is 0 Å². The molecule has 2 nitrogen and oxygen atoms in total. The SMILES string of the molecule is CC1CC1CN(C)CC1(CN)CC1. The molecule has 76 valence electrons. The summed E-state index contributed by atoms with van der Waals surface area (Å²) in [6.45, 7) is 5.77. The molecule has 2 N–H and O–H groups in total. The topological polar surface area (TPSA) is 29.3 Å². The van der Waals surface area contributed by atoms with Crippen LogP contribution in [0.25, 0.3) is 0 Å². The average molecular weight is 182 g/mol. The summed E-state index contributed by atoms with van der Waals surface area (Å²) in [5.74, 6) is 1.97. The Labute approximate surface area is 81.5 Å². The average Bonchev–Trinajstić information content (AvgIpc) is 2.95. The van der Waals surface area contributed by atoms with Crippen LogP contribution in [0, 0.1) is 17.3 Å². The molecule has 0 heterocycles. The molecule has 0 aromatic heterocycles. The molecular formula is C11H22N2. The van der Waals surface area contributed by atoms with Gasteiger partial charge in [-0.3, -0.25) is 0 Å². The maximum Gasteiger partial charge on any atom is 0.00471 e. The van der Waals surface area contributed by atoms with Gasteiger partial charge in [0, 0.05) is 13.1 Å². The van der Waals surface area contributed by atoms with Gasteiger partial charge >= 0.3 is 0 Å². The van der Waals surface area contributed by atoms with Crippen LogP contribution in [0.4, 0.5) is 0 Å². The van der Waals surface area contributed by atoms with Crippen molar-refractivity contribution in [3.05, 3.63) is 0 Å². The Morgan fingerprint density at radius 3 is 2.46 bits per heavy atom. The van der Waals surface area contributed by atoms with Gasteiger partial charge in [0.1, 0.15) is 0 Å². The number of nitrogens with zero attached hydrogens (tertiary/aromatic N) is 1. The van der Waals surface area contributed by atoms with E-state index in [0.717, 1.165) is 18.4 Å². The molecule has 0 bridgehead atoms. The molecule has 2 rings (SSSR count). The Balaban J connectivity index is 1.69. The summed E-state index contributed by atoms with van der Waals surface area (Å²) in [5, 5.41) is 0. The molecule has 0 radical (unpaired) electrons. The largest absolute Gasteiger partial charge is 0.330 e. The lowest BCUT2D eigenvalue weighted by atomic mass is 10.1. The fourth-order valence-corrected chi connectivity index (χ4v) is 2.29. The van der Waals surface area contributed by atoms with Crippen LogP contribution < -0.4 is 5.73 Å². The zero-order valence-electron chi connectivity index (χ0n) is 8.92. The standard InChI is InChI=1S/C11H22N2/c1-9-5-10(9)6-13(2)8-11(7-12)3-4-11/h9-10H,3-8,12H2,1-2H3. The van der Waals surface area contributed by atoms with Crippen molar-refractivity contribution in [1.29, 1.82) is 0 Å². The first-order chi connectivity index (χ1) is 6.15. The third-order valence-corrected chi connectivity index (χ3v) is 3.82. The molecule has 2 fully saturated rings. The van der Waals surface area contributed by atoms with Gasteiger partial charge in [0.15, 0.2) is 0 Å². The van der Waals surface area contributed by atoms with Gasteiger partial charge in [-0.1, -0.05) is 6.92 Å². The maximum absolute atomic E-state index is 5.76. The van der Waals surface area contributed by atoms with Gasteiger partial charge in [0.25, 0.3) is 0 Å². The monoisotopic (exact) mass is 182 g/mol. The van der Waals surface area contributed by atoms with Gasteiger partial charge < -0.3 is 10.6 Å². The highest BCUT2D eigenvalue weighted by atomic mass is 15.1. The highest BCUT2D eigenvalue weighted by Crippen LogP contribution is 2.46. The molecule has 0 aromatic rings. The smallest absolute Gasteiger partial charge is 0.00471 e. The van der Waals surface area contributed by atoms with Crippen LogP contribution in [0.5, 0.6) is 0 Å². The molecular weight excluding hydrogens is 160 g/mol. The van der Waals surface area contributed by atoms with E-state index in [1.807, 2.05) is 0 Å². The van der Waals surface area contributed by atoms with E-state index in [2.05, 4.69) is 18.9 Å². The van der Waals surface area contributed by atoms with Gasteiger partial charge in [-0.25, -0.2) is 0 Å². The Hall–Kier alpha value is -0.0800. The number of hydrogen-bond donors (Lipinski definition) is 1. The molecule has 2 atom stereocenters. The van der Waals surface area contributed by atoms with Crippen molar-refractivity contribution in [2.24, 2.45) is 23.0 Å². The van der Waals surface area contributed by atoms with Gasteiger partial charge in [-0.2, -0.15) is 0 Å². The minimum Gasteiger partial charge on any atom is -0.330 e. The minimum absolute atomic E-state index is 0.521. The fraction of sp³-hybridized carbons (Fsp3) is 1.00. The Bertz CT molecular complexity index is 187. The van der Waals surface area contributed by atoms with E-state index < -0.39 is 0 Å². The molecule has 2 heteroatoms. The second kappa shape index (κ2) is 3.25. The third-order valence-electron chi connectivity index (χ3n) is 3.82. The van der Waals surface area contributed by atoms with Gasteiger partial charge in [0.05, 0.1) is 0 Å². The van der Waals surface area contributed by atoms with Crippen LogP contribution in [-0.4, -0.2) is 31.6 Å². The first-order valence-electron chi connectivity index (χ1n) is 5.54. The molecule has 0 aliphatic heterocycles.